The van der Waals surface area contributed by atoms with E-state index in [2.05, 4.69) is 42.3 Å². The van der Waals surface area contributed by atoms with Crippen molar-refractivity contribution in [3.63, 3.8) is 0 Å². The highest BCUT2D eigenvalue weighted by molar-refractivity contribution is 5.85. The van der Waals surface area contributed by atoms with Crippen molar-refractivity contribution in [1.29, 1.82) is 0 Å². The lowest BCUT2D eigenvalue weighted by Crippen LogP contribution is -2.27. The number of H-pyrrole nitrogens is 1. The minimum atomic E-state index is 0.0519. The van der Waals surface area contributed by atoms with E-state index < -0.39 is 0 Å². The maximum Gasteiger partial charge on any atom is 0.0459 e. The summed E-state index contributed by atoms with van der Waals surface area (Å²) in [5.41, 5.74) is 9.78. The number of hydrogen-bond donors (Lipinski definition) is 3. The van der Waals surface area contributed by atoms with E-state index >= 15 is 0 Å². The van der Waals surface area contributed by atoms with Crippen molar-refractivity contribution in [2.75, 3.05) is 13.1 Å². The van der Waals surface area contributed by atoms with Crippen molar-refractivity contribution < 1.29 is 0 Å². The molecule has 0 spiro atoms. The van der Waals surface area contributed by atoms with Crippen LogP contribution in [0.15, 0.2) is 24.3 Å². The van der Waals surface area contributed by atoms with Crippen LogP contribution in [-0.4, -0.2) is 18.1 Å². The second-order valence-corrected chi connectivity index (χ2v) is 4.12. The van der Waals surface area contributed by atoms with Crippen molar-refractivity contribution in [2.24, 2.45) is 5.73 Å². The monoisotopic (exact) mass is 217 g/mol. The number of para-hydroxylation sites is 1. The van der Waals surface area contributed by atoms with E-state index in [-0.39, 0.29) is 6.04 Å². The molecular formula is C13H19N3. The molecule has 1 aromatic heterocycles. The lowest BCUT2D eigenvalue weighted by atomic mass is 10.0. The largest absolute Gasteiger partial charge is 0.358 e. The van der Waals surface area contributed by atoms with Crippen molar-refractivity contribution in [1.82, 2.24) is 10.3 Å². The maximum atomic E-state index is 6.21. The number of hydrogen-bond acceptors (Lipinski definition) is 2. The molecule has 0 aliphatic heterocycles. The highest BCUT2D eigenvalue weighted by Gasteiger charge is 2.14. The van der Waals surface area contributed by atoms with Gasteiger partial charge in [0, 0.05) is 29.2 Å². The van der Waals surface area contributed by atoms with E-state index in [1.807, 2.05) is 6.07 Å². The number of rotatable bonds is 4. The predicted molar refractivity (Wildman–Crippen MR) is 68.5 cm³/mol. The zero-order valence-corrected chi connectivity index (χ0v) is 9.88. The molecule has 1 atom stereocenters. The topological polar surface area (TPSA) is 53.8 Å². The standard InChI is InChI=1S/C13H19N3/c1-3-15-8-11(14)13-9(2)16-12-7-5-4-6-10(12)13/h4-7,11,15-16H,3,8,14H2,1-2H3. The molecule has 2 rings (SSSR count). The number of benzene rings is 1. The molecule has 86 valence electrons. The van der Waals surface area contributed by atoms with Crippen molar-refractivity contribution >= 4 is 10.9 Å². The summed E-state index contributed by atoms with van der Waals surface area (Å²) >= 11 is 0. The van der Waals surface area contributed by atoms with E-state index in [0.29, 0.717) is 0 Å². The number of nitrogens with one attached hydrogen (secondary N) is 2. The molecule has 3 nitrogen and oxygen atoms in total. The summed E-state index contributed by atoms with van der Waals surface area (Å²) in [6.07, 6.45) is 0. The number of likely N-dealkylation sites (N-methyl/N-ethyl adjacent to an activating group) is 1. The molecule has 0 radical (unpaired) electrons. The van der Waals surface area contributed by atoms with Crippen LogP contribution < -0.4 is 11.1 Å². The van der Waals surface area contributed by atoms with Crippen molar-refractivity contribution in [3.8, 4) is 0 Å². The fraction of sp³-hybridized carbons (Fsp3) is 0.385. The molecule has 0 aliphatic carbocycles. The molecule has 4 N–H and O–H groups in total. The van der Waals surface area contributed by atoms with Gasteiger partial charge in [-0.2, -0.15) is 0 Å². The van der Waals surface area contributed by atoms with Gasteiger partial charge in [-0.1, -0.05) is 25.1 Å². The SMILES string of the molecule is CCNCC(N)c1c(C)[nH]c2ccccc12. The summed E-state index contributed by atoms with van der Waals surface area (Å²) in [6.45, 7) is 5.95. The third-order valence-corrected chi connectivity index (χ3v) is 2.93. The van der Waals surface area contributed by atoms with Crippen LogP contribution in [0.2, 0.25) is 0 Å². The fourth-order valence-electron chi connectivity index (χ4n) is 2.18. The van der Waals surface area contributed by atoms with Gasteiger partial charge in [-0.05, 0) is 25.1 Å². The van der Waals surface area contributed by atoms with Gasteiger partial charge in [0.15, 0.2) is 0 Å². The Balaban J connectivity index is 2.38. The maximum absolute atomic E-state index is 6.21. The first kappa shape index (κ1) is 11.2. The van der Waals surface area contributed by atoms with Gasteiger partial charge in [-0.15, -0.1) is 0 Å². The molecule has 0 aliphatic rings. The Labute approximate surface area is 96.0 Å². The zero-order valence-electron chi connectivity index (χ0n) is 9.88. The van der Waals surface area contributed by atoms with Crippen molar-refractivity contribution in [3.05, 3.63) is 35.5 Å². The van der Waals surface area contributed by atoms with Crippen molar-refractivity contribution in [2.45, 2.75) is 19.9 Å². The van der Waals surface area contributed by atoms with Gasteiger partial charge in [0.2, 0.25) is 0 Å². The van der Waals surface area contributed by atoms with E-state index in [1.54, 1.807) is 0 Å². The summed E-state index contributed by atoms with van der Waals surface area (Å²) in [5.74, 6) is 0. The van der Waals surface area contributed by atoms with Crippen LogP contribution in [0.3, 0.4) is 0 Å². The molecule has 1 aromatic carbocycles. The summed E-state index contributed by atoms with van der Waals surface area (Å²) in [5, 5.41) is 4.53. The van der Waals surface area contributed by atoms with E-state index in [1.165, 1.54) is 22.2 Å². The van der Waals surface area contributed by atoms with Crippen LogP contribution in [0.5, 0.6) is 0 Å². The fourth-order valence-corrected chi connectivity index (χ4v) is 2.18. The molecule has 1 unspecified atom stereocenters. The highest BCUT2D eigenvalue weighted by atomic mass is 14.9. The van der Waals surface area contributed by atoms with Gasteiger partial charge in [0.1, 0.15) is 0 Å². The van der Waals surface area contributed by atoms with Crippen LogP contribution in [0.1, 0.15) is 24.2 Å². The summed E-state index contributed by atoms with van der Waals surface area (Å²) < 4.78 is 0. The first-order valence-corrected chi connectivity index (χ1v) is 5.77. The average molecular weight is 217 g/mol. The summed E-state index contributed by atoms with van der Waals surface area (Å²) in [6, 6.07) is 8.36. The van der Waals surface area contributed by atoms with Crippen LogP contribution in [0, 0.1) is 6.92 Å². The third kappa shape index (κ3) is 1.96. The molecule has 0 bridgehead atoms. The Bertz CT molecular complexity index is 473. The molecule has 0 saturated carbocycles. The Morgan fingerprint density at radius 2 is 2.12 bits per heavy atom. The minimum absolute atomic E-state index is 0.0519. The molecule has 1 heterocycles. The number of aromatic nitrogens is 1. The van der Waals surface area contributed by atoms with Crippen LogP contribution in [-0.2, 0) is 0 Å². The number of nitrogens with two attached hydrogens (primary N) is 1. The van der Waals surface area contributed by atoms with E-state index in [9.17, 15) is 0 Å². The first-order valence-electron chi connectivity index (χ1n) is 5.77. The molecular weight excluding hydrogens is 198 g/mol. The van der Waals surface area contributed by atoms with Crippen LogP contribution in [0.25, 0.3) is 10.9 Å². The first-order chi connectivity index (χ1) is 7.74. The summed E-state index contributed by atoms with van der Waals surface area (Å²) in [7, 11) is 0. The third-order valence-electron chi connectivity index (χ3n) is 2.93. The van der Waals surface area contributed by atoms with Crippen LogP contribution in [0.4, 0.5) is 0 Å². The van der Waals surface area contributed by atoms with E-state index in [0.717, 1.165) is 13.1 Å². The van der Waals surface area contributed by atoms with Gasteiger partial charge in [0.05, 0.1) is 0 Å². The van der Waals surface area contributed by atoms with Gasteiger partial charge in [0.25, 0.3) is 0 Å². The zero-order chi connectivity index (χ0) is 11.5. The smallest absolute Gasteiger partial charge is 0.0459 e. The molecule has 2 aromatic rings. The quantitative estimate of drug-likeness (QED) is 0.734. The minimum Gasteiger partial charge on any atom is -0.358 e. The normalized spacial score (nSPS) is 13.2. The second kappa shape index (κ2) is 4.68. The number of aromatic amines is 1. The number of aryl methyl sites for hydroxylation is 1. The van der Waals surface area contributed by atoms with E-state index in [4.69, 9.17) is 5.73 Å². The van der Waals surface area contributed by atoms with Gasteiger partial charge < -0.3 is 16.0 Å². The highest BCUT2D eigenvalue weighted by Crippen LogP contribution is 2.26. The molecule has 0 fully saturated rings. The molecule has 16 heavy (non-hydrogen) atoms. The average Bonchev–Trinajstić information content (AvgIpc) is 2.62. The second-order valence-electron chi connectivity index (χ2n) is 4.12. The lowest BCUT2D eigenvalue weighted by molar-refractivity contribution is 0.616. The lowest BCUT2D eigenvalue weighted by Gasteiger charge is -2.12. The Morgan fingerprint density at radius 3 is 2.88 bits per heavy atom. The van der Waals surface area contributed by atoms with Gasteiger partial charge in [-0.3, -0.25) is 0 Å². The van der Waals surface area contributed by atoms with Gasteiger partial charge >= 0.3 is 0 Å². The Morgan fingerprint density at radius 1 is 1.38 bits per heavy atom. The summed E-state index contributed by atoms with van der Waals surface area (Å²) in [4.78, 5) is 3.38. The van der Waals surface area contributed by atoms with Crippen LogP contribution >= 0.6 is 0 Å². The van der Waals surface area contributed by atoms with Gasteiger partial charge in [-0.25, -0.2) is 0 Å². The number of fused-ring (bicyclic) bond motifs is 1. The Kier molecular flexibility index (Phi) is 3.27. The molecule has 0 saturated heterocycles. The Hall–Kier alpha value is -1.32. The molecule has 0 amide bonds. The molecule has 3 heteroatoms. The predicted octanol–water partition coefficient (Wildman–Crippen LogP) is 2.09.